The van der Waals surface area contributed by atoms with Gasteiger partial charge in [0.05, 0.1) is 5.69 Å². The Bertz CT molecular complexity index is 720. The lowest BCUT2D eigenvalue weighted by Gasteiger charge is -2.12. The van der Waals surface area contributed by atoms with Gasteiger partial charge >= 0.3 is 6.18 Å². The van der Waals surface area contributed by atoms with Crippen LogP contribution in [-0.2, 0) is 0 Å². The molecule has 0 aliphatic rings. The number of ether oxygens (including phenoxy) is 1. The normalized spacial score (nSPS) is 11.2. The molecule has 0 bridgehead atoms. The van der Waals surface area contributed by atoms with E-state index in [4.69, 9.17) is 0 Å². The van der Waals surface area contributed by atoms with Gasteiger partial charge in [0.25, 0.3) is 5.91 Å². The molecule has 4 nitrogen and oxygen atoms in total. The van der Waals surface area contributed by atoms with Gasteiger partial charge in [-0.3, -0.25) is 4.79 Å². The number of anilines is 1. The first-order valence-corrected chi connectivity index (χ1v) is 7.27. The average Bonchev–Trinajstić information content (AvgIpc) is 2.47. The number of hydrogen-bond acceptors (Lipinski definition) is 3. The molecule has 1 heterocycles. The number of nitrogens with one attached hydrogen (secondary N) is 1. The van der Waals surface area contributed by atoms with Gasteiger partial charge in [-0.25, -0.2) is 4.98 Å². The second kappa shape index (κ2) is 6.99. The third-order valence-electron chi connectivity index (χ3n) is 2.76. The summed E-state index contributed by atoms with van der Waals surface area (Å²) < 4.78 is 42.0. The minimum Gasteiger partial charge on any atom is -0.467 e. The molecule has 0 spiro atoms. The lowest BCUT2D eigenvalue weighted by Crippen LogP contribution is -2.22. The highest BCUT2D eigenvalue weighted by atomic mass is 79.9. The molecule has 0 saturated heterocycles. The van der Waals surface area contributed by atoms with Crippen LogP contribution in [0.25, 0.3) is 0 Å². The molecule has 2 rings (SSSR count). The molecule has 8 heteroatoms. The minimum atomic E-state index is -4.51. The monoisotopic (exact) mass is 388 g/mol. The topological polar surface area (TPSA) is 51.2 Å². The standard InChI is InChI=1S/C15H12BrF3N2O2/c1-9-4-5-12(11(16)7-9)21-13(22)10-3-2-6-20-14(10)23-8-15(17,18)19/h2-7H,8H2,1H3,(H,21,22). The fourth-order valence-corrected chi connectivity index (χ4v) is 2.33. The predicted octanol–water partition coefficient (Wildman–Crippen LogP) is 4.35. The molecule has 23 heavy (non-hydrogen) atoms. The number of carbonyl (C=O) groups excluding carboxylic acids is 1. The Hall–Kier alpha value is -2.09. The highest BCUT2D eigenvalue weighted by Gasteiger charge is 2.29. The summed E-state index contributed by atoms with van der Waals surface area (Å²) in [6, 6.07) is 8.07. The maximum atomic E-state index is 12.3. The van der Waals surface area contributed by atoms with Gasteiger partial charge in [-0.2, -0.15) is 13.2 Å². The van der Waals surface area contributed by atoms with Crippen LogP contribution in [0.2, 0.25) is 0 Å². The Kier molecular flexibility index (Phi) is 5.25. The molecule has 122 valence electrons. The van der Waals surface area contributed by atoms with E-state index >= 15 is 0 Å². The summed E-state index contributed by atoms with van der Waals surface area (Å²) in [4.78, 5) is 15.9. The van der Waals surface area contributed by atoms with E-state index in [9.17, 15) is 18.0 Å². The van der Waals surface area contributed by atoms with Crippen molar-refractivity contribution < 1.29 is 22.7 Å². The SMILES string of the molecule is Cc1ccc(NC(=O)c2cccnc2OCC(F)(F)F)c(Br)c1. The Balaban J connectivity index is 2.19. The summed E-state index contributed by atoms with van der Waals surface area (Å²) in [5.74, 6) is -0.981. The molecule has 0 aliphatic heterocycles. The van der Waals surface area contributed by atoms with Crippen molar-refractivity contribution in [2.45, 2.75) is 13.1 Å². The van der Waals surface area contributed by atoms with Crippen LogP contribution >= 0.6 is 15.9 Å². The highest BCUT2D eigenvalue weighted by molar-refractivity contribution is 9.10. The fourth-order valence-electron chi connectivity index (χ4n) is 1.74. The average molecular weight is 389 g/mol. The lowest BCUT2D eigenvalue weighted by atomic mass is 10.2. The van der Waals surface area contributed by atoms with Crippen LogP contribution in [0.5, 0.6) is 5.88 Å². The summed E-state index contributed by atoms with van der Waals surface area (Å²) in [5.41, 5.74) is 1.40. The second-order valence-electron chi connectivity index (χ2n) is 4.70. The zero-order valence-corrected chi connectivity index (χ0v) is 13.5. The van der Waals surface area contributed by atoms with Crippen LogP contribution in [0.4, 0.5) is 18.9 Å². The minimum absolute atomic E-state index is 0.0794. The number of aromatic nitrogens is 1. The summed E-state index contributed by atoms with van der Waals surface area (Å²) in [6.07, 6.45) is -3.25. The molecular weight excluding hydrogens is 377 g/mol. The Morgan fingerprint density at radius 1 is 1.35 bits per heavy atom. The van der Waals surface area contributed by atoms with E-state index in [2.05, 4.69) is 31.0 Å². The third-order valence-corrected chi connectivity index (χ3v) is 3.42. The summed E-state index contributed by atoms with van der Waals surface area (Å²) in [7, 11) is 0. The molecular formula is C15H12BrF3N2O2. The van der Waals surface area contributed by atoms with Crippen LogP contribution in [0, 0.1) is 6.92 Å². The van der Waals surface area contributed by atoms with Crippen LogP contribution in [-0.4, -0.2) is 23.7 Å². The highest BCUT2D eigenvalue weighted by Crippen LogP contribution is 2.25. The van der Waals surface area contributed by atoms with Crippen molar-refractivity contribution in [2.75, 3.05) is 11.9 Å². The first-order chi connectivity index (χ1) is 10.8. The van der Waals surface area contributed by atoms with Crippen molar-refractivity contribution in [3.63, 3.8) is 0 Å². The van der Waals surface area contributed by atoms with E-state index in [1.54, 1.807) is 18.2 Å². The number of benzene rings is 1. The van der Waals surface area contributed by atoms with E-state index < -0.39 is 18.7 Å². The van der Waals surface area contributed by atoms with Crippen LogP contribution < -0.4 is 10.1 Å². The Morgan fingerprint density at radius 3 is 2.74 bits per heavy atom. The van der Waals surface area contributed by atoms with Gasteiger partial charge in [-0.1, -0.05) is 6.07 Å². The number of halogens is 4. The number of nitrogens with zero attached hydrogens (tertiary/aromatic N) is 1. The van der Waals surface area contributed by atoms with Gasteiger partial charge in [-0.05, 0) is 52.7 Å². The maximum absolute atomic E-state index is 12.3. The van der Waals surface area contributed by atoms with Gasteiger partial charge in [0.15, 0.2) is 6.61 Å². The van der Waals surface area contributed by atoms with Gasteiger partial charge < -0.3 is 10.1 Å². The van der Waals surface area contributed by atoms with Crippen LogP contribution in [0.3, 0.4) is 0 Å². The first-order valence-electron chi connectivity index (χ1n) is 6.48. The van der Waals surface area contributed by atoms with Crippen molar-refractivity contribution in [3.05, 3.63) is 52.1 Å². The van der Waals surface area contributed by atoms with E-state index in [1.807, 2.05) is 6.92 Å². The molecule has 0 atom stereocenters. The number of carbonyl (C=O) groups is 1. The molecule has 1 aromatic heterocycles. The van der Waals surface area contributed by atoms with Crippen molar-refractivity contribution in [1.82, 2.24) is 4.98 Å². The van der Waals surface area contributed by atoms with Gasteiger partial charge in [0.2, 0.25) is 5.88 Å². The summed E-state index contributed by atoms with van der Waals surface area (Å²) in [6.45, 7) is 0.374. The van der Waals surface area contributed by atoms with E-state index in [1.165, 1.54) is 18.3 Å². The molecule has 1 aromatic carbocycles. The number of pyridine rings is 1. The molecule has 1 amide bonds. The molecule has 0 radical (unpaired) electrons. The number of aryl methyl sites for hydroxylation is 1. The summed E-state index contributed by atoms with van der Waals surface area (Å²) >= 11 is 3.31. The number of rotatable bonds is 4. The van der Waals surface area contributed by atoms with Crippen LogP contribution in [0.1, 0.15) is 15.9 Å². The number of amides is 1. The van der Waals surface area contributed by atoms with Crippen molar-refractivity contribution in [1.29, 1.82) is 0 Å². The number of alkyl halides is 3. The zero-order chi connectivity index (χ0) is 17.0. The molecule has 2 aromatic rings. The van der Waals surface area contributed by atoms with Crippen LogP contribution in [0.15, 0.2) is 41.0 Å². The number of hydrogen-bond donors (Lipinski definition) is 1. The largest absolute Gasteiger partial charge is 0.467 e. The van der Waals surface area contributed by atoms with Crippen molar-refractivity contribution >= 4 is 27.5 Å². The second-order valence-corrected chi connectivity index (χ2v) is 5.55. The van der Waals surface area contributed by atoms with Gasteiger partial charge in [0, 0.05) is 10.7 Å². The first kappa shape index (κ1) is 17.3. The molecule has 0 fully saturated rings. The van der Waals surface area contributed by atoms with E-state index in [0.29, 0.717) is 10.2 Å². The van der Waals surface area contributed by atoms with Crippen molar-refractivity contribution in [3.8, 4) is 5.88 Å². The van der Waals surface area contributed by atoms with E-state index in [0.717, 1.165) is 5.56 Å². The smallest absolute Gasteiger partial charge is 0.422 e. The molecule has 0 unspecified atom stereocenters. The van der Waals surface area contributed by atoms with E-state index in [-0.39, 0.29) is 11.4 Å². The van der Waals surface area contributed by atoms with Gasteiger partial charge in [-0.15, -0.1) is 0 Å². The predicted molar refractivity (Wildman–Crippen MR) is 82.6 cm³/mol. The molecule has 0 saturated carbocycles. The molecule has 1 N–H and O–H groups in total. The Labute approximate surface area is 138 Å². The quantitative estimate of drug-likeness (QED) is 0.846. The van der Waals surface area contributed by atoms with Crippen molar-refractivity contribution in [2.24, 2.45) is 0 Å². The third kappa shape index (κ3) is 4.95. The van der Waals surface area contributed by atoms with Gasteiger partial charge in [0.1, 0.15) is 5.56 Å². The molecule has 0 aliphatic carbocycles. The Morgan fingerprint density at radius 2 is 2.09 bits per heavy atom. The fraction of sp³-hybridized carbons (Fsp3) is 0.200. The lowest BCUT2D eigenvalue weighted by molar-refractivity contribution is -0.154. The summed E-state index contributed by atoms with van der Waals surface area (Å²) in [5, 5.41) is 2.60. The maximum Gasteiger partial charge on any atom is 0.422 e. The zero-order valence-electron chi connectivity index (χ0n) is 11.9.